The van der Waals surface area contributed by atoms with E-state index in [0.717, 1.165) is 6.29 Å². The fraction of sp³-hybridized carbons (Fsp3) is 0. The van der Waals surface area contributed by atoms with Crippen LogP contribution in [0.5, 0.6) is 0 Å². The summed E-state index contributed by atoms with van der Waals surface area (Å²) in [5.41, 5.74) is 0.500. The molecule has 0 amide bonds. The molecule has 0 saturated heterocycles. The normalized spacial score (nSPS) is 7.50. The molecule has 0 spiro atoms. The van der Waals surface area contributed by atoms with Gasteiger partial charge in [-0.15, -0.1) is 0 Å². The number of hydrogen-bond donors (Lipinski definition) is 0. The zero-order chi connectivity index (χ0) is 5.11. The van der Waals surface area contributed by atoms with Crippen LogP contribution in [-0.4, -0.2) is 6.29 Å². The quantitative estimate of drug-likeness (QED) is 0.300. The average Bonchev–Trinajstić information content (AvgIpc) is 2.14. The summed E-state index contributed by atoms with van der Waals surface area (Å²) in [5, 5.41) is 0. The molecule has 0 aliphatic rings. The molecular weight excluding hydrogens is 113 g/mol. The van der Waals surface area contributed by atoms with Gasteiger partial charge in [0.05, 0.1) is 0 Å². The van der Waals surface area contributed by atoms with E-state index < -0.39 is 0 Å². The molecule has 3 heteroatoms. The summed E-state index contributed by atoms with van der Waals surface area (Å²) in [6.45, 7) is 0. The van der Waals surface area contributed by atoms with Gasteiger partial charge in [0.1, 0.15) is 6.29 Å². The number of hydrogen-bond acceptors (Lipinski definition) is 1. The minimum Gasteiger partial charge on any atom is -0.661 e. The van der Waals surface area contributed by atoms with E-state index in [-0.39, 0.29) is 29.6 Å². The second-order valence-electron chi connectivity index (χ2n) is 1.18. The second kappa shape index (κ2) is 3.89. The van der Waals surface area contributed by atoms with Crippen LogP contribution in [0, 0.1) is 0 Å². The Labute approximate surface area is 69.6 Å². The zero-order valence-corrected chi connectivity index (χ0v) is 6.66. The van der Waals surface area contributed by atoms with Gasteiger partial charge < -0.3 is 4.98 Å². The summed E-state index contributed by atoms with van der Waals surface area (Å²) in [6, 6.07) is 3.39. The molecule has 1 heterocycles. The van der Waals surface area contributed by atoms with Crippen molar-refractivity contribution in [2.75, 3.05) is 0 Å². The SMILES string of the molecule is O=Cc1ccc[n-]1.[Na+]. The maximum atomic E-state index is 9.81. The van der Waals surface area contributed by atoms with E-state index in [4.69, 9.17) is 0 Å². The van der Waals surface area contributed by atoms with E-state index >= 15 is 0 Å². The Morgan fingerprint density at radius 2 is 2.38 bits per heavy atom. The number of carbonyl (C=O) groups is 1. The topological polar surface area (TPSA) is 31.2 Å². The summed E-state index contributed by atoms with van der Waals surface area (Å²) in [6.07, 6.45) is 2.31. The Kier molecular flexibility index (Phi) is 3.87. The molecule has 0 atom stereocenters. The first-order valence-corrected chi connectivity index (χ1v) is 1.96. The van der Waals surface area contributed by atoms with Gasteiger partial charge in [0.25, 0.3) is 0 Å². The molecular formula is C5H4NNaO. The van der Waals surface area contributed by atoms with Gasteiger partial charge in [0.15, 0.2) is 0 Å². The summed E-state index contributed by atoms with van der Waals surface area (Å²) < 4.78 is 0. The number of nitrogens with zero attached hydrogens (tertiary/aromatic N) is 1. The minimum absolute atomic E-state index is 0. The minimum atomic E-state index is 0. The number of aromatic nitrogens is 1. The predicted molar refractivity (Wildman–Crippen MR) is 25.1 cm³/mol. The van der Waals surface area contributed by atoms with Crippen LogP contribution >= 0.6 is 0 Å². The van der Waals surface area contributed by atoms with Crippen LogP contribution in [0.25, 0.3) is 0 Å². The summed E-state index contributed by atoms with van der Waals surface area (Å²) >= 11 is 0. The first-order chi connectivity index (χ1) is 3.43. The van der Waals surface area contributed by atoms with Gasteiger partial charge >= 0.3 is 29.6 Å². The number of carbonyl (C=O) groups excluding carboxylic acids is 1. The van der Waals surface area contributed by atoms with E-state index in [1.807, 2.05) is 0 Å². The van der Waals surface area contributed by atoms with Gasteiger partial charge in [0.2, 0.25) is 0 Å². The van der Waals surface area contributed by atoms with Crippen molar-refractivity contribution in [1.29, 1.82) is 0 Å². The molecule has 0 unspecified atom stereocenters. The molecule has 0 fully saturated rings. The van der Waals surface area contributed by atoms with Crippen LogP contribution in [0.4, 0.5) is 0 Å². The fourth-order valence-electron chi connectivity index (χ4n) is 0.383. The summed E-state index contributed by atoms with van der Waals surface area (Å²) in [4.78, 5) is 13.5. The van der Waals surface area contributed by atoms with Gasteiger partial charge in [-0.3, -0.25) is 4.79 Å². The third-order valence-electron chi connectivity index (χ3n) is 0.697. The maximum absolute atomic E-state index is 9.81. The Balaban J connectivity index is 0.000000490. The summed E-state index contributed by atoms with van der Waals surface area (Å²) in [7, 11) is 0. The molecule has 0 aromatic carbocycles. The van der Waals surface area contributed by atoms with Crippen molar-refractivity contribution < 1.29 is 34.4 Å². The van der Waals surface area contributed by atoms with Gasteiger partial charge in [-0.2, -0.15) is 6.20 Å². The fourth-order valence-corrected chi connectivity index (χ4v) is 0.383. The molecule has 0 aliphatic heterocycles. The number of aldehydes is 1. The Bertz CT molecular complexity index is 147. The van der Waals surface area contributed by atoms with Crippen molar-refractivity contribution >= 4 is 6.29 Å². The largest absolute Gasteiger partial charge is 1.00 e. The zero-order valence-electron chi connectivity index (χ0n) is 4.66. The van der Waals surface area contributed by atoms with Crippen molar-refractivity contribution in [2.45, 2.75) is 0 Å². The average molecular weight is 117 g/mol. The smallest absolute Gasteiger partial charge is 0.661 e. The Morgan fingerprint density at radius 1 is 1.62 bits per heavy atom. The molecule has 0 radical (unpaired) electrons. The van der Waals surface area contributed by atoms with E-state index in [1.165, 1.54) is 0 Å². The molecule has 1 rings (SSSR count). The summed E-state index contributed by atoms with van der Waals surface area (Å²) in [5.74, 6) is 0. The van der Waals surface area contributed by atoms with Crippen molar-refractivity contribution in [1.82, 2.24) is 4.98 Å². The molecule has 1 aromatic heterocycles. The third-order valence-corrected chi connectivity index (χ3v) is 0.697. The second-order valence-corrected chi connectivity index (χ2v) is 1.18. The first kappa shape index (κ1) is 7.95. The Hall–Kier alpha value is -0.0500. The standard InChI is InChI=1S/C5H5NO.Na/c7-4-5-2-1-3-6-5;/h1-4H,(H,6,7);/q;+1/p-1. The maximum Gasteiger partial charge on any atom is 1.00 e. The monoisotopic (exact) mass is 117 g/mol. The van der Waals surface area contributed by atoms with Crippen LogP contribution in [-0.2, 0) is 0 Å². The molecule has 0 N–H and O–H groups in total. The third kappa shape index (κ3) is 1.82. The van der Waals surface area contributed by atoms with Crippen molar-refractivity contribution in [3.63, 3.8) is 0 Å². The molecule has 36 valence electrons. The first-order valence-electron chi connectivity index (χ1n) is 1.96. The number of rotatable bonds is 1. The van der Waals surface area contributed by atoms with Gasteiger partial charge in [0, 0.05) is 0 Å². The van der Waals surface area contributed by atoms with Gasteiger partial charge in [-0.05, 0) is 0 Å². The predicted octanol–water partition coefficient (Wildman–Crippen LogP) is -2.54. The molecule has 0 aliphatic carbocycles. The molecule has 2 nitrogen and oxygen atoms in total. The van der Waals surface area contributed by atoms with Gasteiger partial charge in [-0.25, -0.2) is 0 Å². The van der Waals surface area contributed by atoms with E-state index in [2.05, 4.69) is 4.98 Å². The molecule has 1 aromatic rings. The van der Waals surface area contributed by atoms with Crippen LogP contribution < -0.4 is 34.5 Å². The van der Waals surface area contributed by atoms with Crippen LogP contribution in [0.15, 0.2) is 18.3 Å². The van der Waals surface area contributed by atoms with E-state index in [9.17, 15) is 4.79 Å². The van der Waals surface area contributed by atoms with E-state index in [1.54, 1.807) is 18.3 Å². The molecule has 0 bridgehead atoms. The molecule has 8 heavy (non-hydrogen) atoms. The Morgan fingerprint density at radius 3 is 2.62 bits per heavy atom. The van der Waals surface area contributed by atoms with Crippen LogP contribution in [0.1, 0.15) is 10.5 Å². The van der Waals surface area contributed by atoms with Gasteiger partial charge in [-0.1, -0.05) is 17.8 Å². The van der Waals surface area contributed by atoms with Crippen LogP contribution in [0.3, 0.4) is 0 Å². The van der Waals surface area contributed by atoms with Crippen molar-refractivity contribution in [3.8, 4) is 0 Å². The van der Waals surface area contributed by atoms with Crippen LogP contribution in [0.2, 0.25) is 0 Å². The van der Waals surface area contributed by atoms with E-state index in [0.29, 0.717) is 5.69 Å². The van der Waals surface area contributed by atoms with Crippen molar-refractivity contribution in [3.05, 3.63) is 24.0 Å². The van der Waals surface area contributed by atoms with Crippen molar-refractivity contribution in [2.24, 2.45) is 0 Å². The molecule has 0 saturated carbocycles.